The molecule has 0 saturated heterocycles. The molecule has 0 heterocycles. The number of carbonyl (C=O) groups is 2. The van der Waals surface area contributed by atoms with Crippen molar-refractivity contribution in [3.63, 3.8) is 0 Å². The average molecular weight is 285 g/mol. The number of halogens is 1. The summed E-state index contributed by atoms with van der Waals surface area (Å²) in [5.74, 6) is -1.08. The van der Waals surface area contributed by atoms with Crippen LogP contribution >= 0.6 is 11.6 Å². The van der Waals surface area contributed by atoms with E-state index in [1.54, 1.807) is 45.0 Å². The number of rotatable bonds is 3. The second kappa shape index (κ2) is 5.93. The molecule has 0 spiro atoms. The van der Waals surface area contributed by atoms with Gasteiger partial charge in [0.15, 0.2) is 0 Å². The zero-order valence-electron chi connectivity index (χ0n) is 11.0. The number of nitrogens with one attached hydrogen (secondary N) is 2. The monoisotopic (exact) mass is 284 g/mol. The summed E-state index contributed by atoms with van der Waals surface area (Å²) in [6.07, 6.45) is 0. The van der Waals surface area contributed by atoms with Crippen molar-refractivity contribution in [3.8, 4) is 0 Å². The quantitative estimate of drug-likeness (QED) is 0.798. The van der Waals surface area contributed by atoms with E-state index >= 15 is 0 Å². The molecule has 1 atom stereocenters. The molecule has 0 radical (unpaired) electrons. The van der Waals surface area contributed by atoms with E-state index in [1.165, 1.54) is 0 Å². The van der Waals surface area contributed by atoms with Crippen LogP contribution in [0.4, 0.5) is 10.5 Å². The van der Waals surface area contributed by atoms with Gasteiger partial charge in [-0.1, -0.05) is 38.4 Å². The van der Waals surface area contributed by atoms with E-state index in [-0.39, 0.29) is 0 Å². The van der Waals surface area contributed by atoms with Gasteiger partial charge in [0.2, 0.25) is 0 Å². The first-order chi connectivity index (χ1) is 8.70. The minimum absolute atomic E-state index is 0.489. The van der Waals surface area contributed by atoms with Gasteiger partial charge < -0.3 is 15.7 Å². The van der Waals surface area contributed by atoms with Gasteiger partial charge in [-0.15, -0.1) is 0 Å². The summed E-state index contributed by atoms with van der Waals surface area (Å²) in [6.45, 7) is 5.22. The van der Waals surface area contributed by atoms with Crippen LogP contribution in [0.15, 0.2) is 24.3 Å². The lowest BCUT2D eigenvalue weighted by atomic mass is 9.87. The Morgan fingerprint density at radius 3 is 2.42 bits per heavy atom. The zero-order valence-corrected chi connectivity index (χ0v) is 11.8. The Morgan fingerprint density at radius 2 is 1.95 bits per heavy atom. The predicted octanol–water partition coefficient (Wildman–Crippen LogP) is 2.96. The molecule has 0 aliphatic rings. The lowest BCUT2D eigenvalue weighted by Crippen LogP contribution is -2.50. The Kier molecular flexibility index (Phi) is 4.78. The van der Waals surface area contributed by atoms with E-state index in [0.717, 1.165) is 0 Å². The van der Waals surface area contributed by atoms with Gasteiger partial charge in [-0.05, 0) is 23.6 Å². The summed E-state index contributed by atoms with van der Waals surface area (Å²) in [5.41, 5.74) is -0.0830. The Labute approximate surface area is 117 Å². The van der Waals surface area contributed by atoms with Crippen LogP contribution in [0.5, 0.6) is 0 Å². The minimum atomic E-state index is -1.08. The molecule has 0 unspecified atom stereocenters. The highest BCUT2D eigenvalue weighted by atomic mass is 35.5. The van der Waals surface area contributed by atoms with Crippen LogP contribution in [0, 0.1) is 5.41 Å². The fraction of sp³-hybridized carbons (Fsp3) is 0.385. The molecule has 0 aliphatic heterocycles. The fourth-order valence-electron chi connectivity index (χ4n) is 1.51. The van der Waals surface area contributed by atoms with Gasteiger partial charge in [-0.2, -0.15) is 0 Å². The first-order valence-corrected chi connectivity index (χ1v) is 6.14. The van der Waals surface area contributed by atoms with Gasteiger partial charge >= 0.3 is 12.0 Å². The molecule has 0 saturated carbocycles. The Bertz CT molecular complexity index is 483. The molecule has 0 aromatic heterocycles. The molecule has 1 aromatic rings. The first-order valence-electron chi connectivity index (χ1n) is 5.76. The lowest BCUT2D eigenvalue weighted by molar-refractivity contribution is -0.141. The number of urea groups is 1. The number of aliphatic carboxylic acids is 1. The van der Waals surface area contributed by atoms with E-state index in [9.17, 15) is 9.59 Å². The topological polar surface area (TPSA) is 78.4 Å². The lowest BCUT2D eigenvalue weighted by Gasteiger charge is -2.27. The highest BCUT2D eigenvalue weighted by Gasteiger charge is 2.32. The van der Waals surface area contributed by atoms with E-state index < -0.39 is 23.5 Å². The maximum Gasteiger partial charge on any atom is 0.326 e. The van der Waals surface area contributed by atoms with Gasteiger partial charge in [0, 0.05) is 10.7 Å². The summed E-state index contributed by atoms with van der Waals surface area (Å²) in [7, 11) is 0. The second-order valence-corrected chi connectivity index (χ2v) is 5.68. The summed E-state index contributed by atoms with van der Waals surface area (Å²) < 4.78 is 0. The second-order valence-electron chi connectivity index (χ2n) is 5.25. The van der Waals surface area contributed by atoms with E-state index in [2.05, 4.69) is 10.6 Å². The van der Waals surface area contributed by atoms with E-state index in [1.807, 2.05) is 0 Å². The van der Waals surface area contributed by atoms with E-state index in [4.69, 9.17) is 16.7 Å². The third kappa shape index (κ3) is 4.79. The molecule has 3 N–H and O–H groups in total. The molecular weight excluding hydrogens is 268 g/mol. The fourth-order valence-corrected chi connectivity index (χ4v) is 1.70. The molecule has 104 valence electrons. The molecule has 0 fully saturated rings. The summed E-state index contributed by atoms with van der Waals surface area (Å²) in [6, 6.07) is 5.05. The van der Waals surface area contributed by atoms with Crippen LogP contribution < -0.4 is 10.6 Å². The molecule has 1 rings (SSSR count). The van der Waals surface area contributed by atoms with Crippen LogP contribution in [-0.4, -0.2) is 23.1 Å². The van der Waals surface area contributed by atoms with Gasteiger partial charge in [0.25, 0.3) is 0 Å². The average Bonchev–Trinajstić information content (AvgIpc) is 2.24. The SMILES string of the molecule is CC(C)(C)[C@H](NC(=O)Nc1cccc(Cl)c1)C(=O)O. The van der Waals surface area contributed by atoms with Crippen molar-refractivity contribution in [2.75, 3.05) is 5.32 Å². The third-order valence-electron chi connectivity index (χ3n) is 2.47. The molecule has 19 heavy (non-hydrogen) atoms. The number of carbonyl (C=O) groups excluding carboxylic acids is 1. The Balaban J connectivity index is 2.71. The van der Waals surface area contributed by atoms with Crippen molar-refractivity contribution in [1.82, 2.24) is 5.32 Å². The Morgan fingerprint density at radius 1 is 1.32 bits per heavy atom. The number of carboxylic acid groups (broad SMARTS) is 1. The smallest absolute Gasteiger partial charge is 0.326 e. The van der Waals surface area contributed by atoms with Crippen LogP contribution in [0.2, 0.25) is 5.02 Å². The van der Waals surface area contributed by atoms with Crippen molar-refractivity contribution in [3.05, 3.63) is 29.3 Å². The summed E-state index contributed by atoms with van der Waals surface area (Å²) >= 11 is 5.79. The summed E-state index contributed by atoms with van der Waals surface area (Å²) in [4.78, 5) is 22.9. The van der Waals surface area contributed by atoms with Crippen molar-refractivity contribution < 1.29 is 14.7 Å². The molecule has 0 bridgehead atoms. The summed E-state index contributed by atoms with van der Waals surface area (Å²) in [5, 5.41) is 14.6. The van der Waals surface area contributed by atoms with Crippen molar-refractivity contribution in [1.29, 1.82) is 0 Å². The van der Waals surface area contributed by atoms with Crippen LogP contribution in [0.3, 0.4) is 0 Å². The van der Waals surface area contributed by atoms with Gasteiger partial charge in [-0.3, -0.25) is 0 Å². The molecule has 1 aromatic carbocycles. The number of carboxylic acids is 1. The molecule has 0 aliphatic carbocycles. The minimum Gasteiger partial charge on any atom is -0.480 e. The van der Waals surface area contributed by atoms with Gasteiger partial charge in [-0.25, -0.2) is 9.59 Å². The number of benzene rings is 1. The Hall–Kier alpha value is -1.75. The molecule has 6 heteroatoms. The number of amides is 2. The maximum atomic E-state index is 11.8. The van der Waals surface area contributed by atoms with Crippen molar-refractivity contribution in [2.24, 2.45) is 5.41 Å². The van der Waals surface area contributed by atoms with Gasteiger partial charge in [0.05, 0.1) is 0 Å². The van der Waals surface area contributed by atoms with E-state index in [0.29, 0.717) is 10.7 Å². The van der Waals surface area contributed by atoms with Crippen molar-refractivity contribution in [2.45, 2.75) is 26.8 Å². The highest BCUT2D eigenvalue weighted by molar-refractivity contribution is 6.30. The molecular formula is C13H17ClN2O3. The highest BCUT2D eigenvalue weighted by Crippen LogP contribution is 2.20. The molecule has 2 amide bonds. The third-order valence-corrected chi connectivity index (χ3v) is 2.71. The standard InChI is InChI=1S/C13H17ClN2O3/c1-13(2,3)10(11(17)18)16-12(19)15-9-6-4-5-8(14)7-9/h4-7,10H,1-3H3,(H,17,18)(H2,15,16,19)/t10-/m1/s1. The number of anilines is 1. The largest absolute Gasteiger partial charge is 0.480 e. The predicted molar refractivity (Wildman–Crippen MR) is 74.5 cm³/mol. The normalized spacial score (nSPS) is 12.6. The number of hydrogen-bond donors (Lipinski definition) is 3. The maximum absolute atomic E-state index is 11.8. The van der Waals surface area contributed by atoms with Crippen LogP contribution in [0.25, 0.3) is 0 Å². The molecule has 5 nitrogen and oxygen atoms in total. The van der Waals surface area contributed by atoms with Crippen LogP contribution in [-0.2, 0) is 4.79 Å². The zero-order chi connectivity index (χ0) is 14.6. The van der Waals surface area contributed by atoms with Crippen LogP contribution in [0.1, 0.15) is 20.8 Å². The van der Waals surface area contributed by atoms with Crippen molar-refractivity contribution >= 4 is 29.3 Å². The first kappa shape index (κ1) is 15.3. The number of hydrogen-bond acceptors (Lipinski definition) is 2. The van der Waals surface area contributed by atoms with Gasteiger partial charge in [0.1, 0.15) is 6.04 Å².